The van der Waals surface area contributed by atoms with E-state index in [0.717, 1.165) is 40.3 Å². The summed E-state index contributed by atoms with van der Waals surface area (Å²) in [5.41, 5.74) is 9.01. The van der Waals surface area contributed by atoms with Gasteiger partial charge in [-0.1, -0.05) is 49.4 Å². The van der Waals surface area contributed by atoms with Crippen LogP contribution < -0.4 is 11.1 Å². The molecular formula is C27H30ClN5O2. The summed E-state index contributed by atoms with van der Waals surface area (Å²) in [4.78, 5) is 9.61. The highest BCUT2D eigenvalue weighted by molar-refractivity contribution is 6.31. The maximum atomic E-state index is 10.8. The van der Waals surface area contributed by atoms with E-state index >= 15 is 0 Å². The lowest BCUT2D eigenvalue weighted by atomic mass is 10.0. The van der Waals surface area contributed by atoms with Crippen molar-refractivity contribution in [2.75, 3.05) is 31.9 Å². The average molecular weight is 492 g/mol. The van der Waals surface area contributed by atoms with E-state index in [9.17, 15) is 10.2 Å². The zero-order valence-electron chi connectivity index (χ0n) is 19.8. The smallest absolute Gasteiger partial charge is 0.139 e. The van der Waals surface area contributed by atoms with Gasteiger partial charge in [0.25, 0.3) is 0 Å². The zero-order chi connectivity index (χ0) is 24.9. The SMILES string of the molecule is CCN(CC)CC(O)CNC(O)c1ccc(C#Cc2c(N)ncc3ccc(Cl)cc23)c2cc[nH]c12. The monoisotopic (exact) mass is 491 g/mol. The molecule has 0 fully saturated rings. The molecule has 0 radical (unpaired) electrons. The van der Waals surface area contributed by atoms with Gasteiger partial charge in [-0.2, -0.15) is 0 Å². The van der Waals surface area contributed by atoms with Gasteiger partial charge < -0.3 is 25.8 Å². The quantitative estimate of drug-likeness (QED) is 0.190. The summed E-state index contributed by atoms with van der Waals surface area (Å²) in [6.45, 7) is 6.69. The van der Waals surface area contributed by atoms with Gasteiger partial charge in [-0.05, 0) is 37.4 Å². The number of hydrogen-bond acceptors (Lipinski definition) is 6. The van der Waals surface area contributed by atoms with Crippen LogP contribution in [-0.4, -0.2) is 57.4 Å². The number of aliphatic hydroxyl groups excluding tert-OH is 2. The van der Waals surface area contributed by atoms with Crippen molar-refractivity contribution in [2.45, 2.75) is 26.2 Å². The van der Waals surface area contributed by atoms with Crippen LogP contribution in [0.15, 0.2) is 48.8 Å². The van der Waals surface area contributed by atoms with E-state index in [1.165, 1.54) is 0 Å². The highest BCUT2D eigenvalue weighted by Gasteiger charge is 2.16. The number of nitrogens with two attached hydrogens (primary N) is 1. The summed E-state index contributed by atoms with van der Waals surface area (Å²) in [6, 6.07) is 11.2. The Morgan fingerprint density at radius 2 is 1.91 bits per heavy atom. The number of nitrogens with zero attached hydrogens (tertiary/aromatic N) is 2. The molecule has 0 saturated heterocycles. The molecule has 4 aromatic rings. The maximum Gasteiger partial charge on any atom is 0.139 e. The molecule has 7 nitrogen and oxygen atoms in total. The van der Waals surface area contributed by atoms with Gasteiger partial charge in [-0.25, -0.2) is 4.98 Å². The van der Waals surface area contributed by atoms with E-state index in [2.05, 4.69) is 45.9 Å². The standard InChI is InChI=1S/C27H30ClN5O2/c1-3-33(4-2)16-20(34)15-32-27(35)23-10-7-17(21-11-12-30-25(21)23)6-9-22-24-13-19(28)8-5-18(24)14-31-26(22)29/h5,7-8,10-14,20,27,30,32,34-35H,3-4,15-16H2,1-2H3,(H2,29,31). The first-order valence-electron chi connectivity index (χ1n) is 11.7. The molecule has 2 heterocycles. The van der Waals surface area contributed by atoms with E-state index in [-0.39, 0.29) is 6.54 Å². The van der Waals surface area contributed by atoms with Gasteiger partial charge in [0.2, 0.25) is 0 Å². The second kappa shape index (κ2) is 11.1. The fraction of sp³-hybridized carbons (Fsp3) is 0.296. The Kier molecular flexibility index (Phi) is 7.91. The predicted molar refractivity (Wildman–Crippen MR) is 142 cm³/mol. The summed E-state index contributed by atoms with van der Waals surface area (Å²) in [6.07, 6.45) is 2.00. The number of aromatic nitrogens is 2. The lowest BCUT2D eigenvalue weighted by Gasteiger charge is -2.23. The van der Waals surface area contributed by atoms with Crippen LogP contribution in [0.3, 0.4) is 0 Å². The molecule has 2 aromatic carbocycles. The number of aromatic amines is 1. The summed E-state index contributed by atoms with van der Waals surface area (Å²) >= 11 is 6.19. The van der Waals surface area contributed by atoms with E-state index < -0.39 is 12.3 Å². The first-order valence-corrected chi connectivity index (χ1v) is 12.1. The maximum absolute atomic E-state index is 10.8. The Morgan fingerprint density at radius 1 is 1.11 bits per heavy atom. The summed E-state index contributed by atoms with van der Waals surface area (Å²) in [7, 11) is 0. The number of nitrogens with one attached hydrogen (secondary N) is 2. The van der Waals surface area contributed by atoms with Gasteiger partial charge in [0.05, 0.1) is 17.2 Å². The molecule has 0 amide bonds. The topological polar surface area (TPSA) is 110 Å². The summed E-state index contributed by atoms with van der Waals surface area (Å²) in [5.74, 6) is 6.73. The molecule has 6 N–H and O–H groups in total. The van der Waals surface area contributed by atoms with Crippen LogP contribution in [0.5, 0.6) is 0 Å². The molecule has 0 saturated carbocycles. The van der Waals surface area contributed by atoms with Crippen LogP contribution in [0.25, 0.3) is 21.7 Å². The third-order valence-electron chi connectivity index (χ3n) is 6.17. The normalized spacial score (nSPS) is 13.2. The molecule has 4 rings (SSSR count). The summed E-state index contributed by atoms with van der Waals surface area (Å²) in [5, 5.41) is 27.4. The molecular weight excluding hydrogens is 462 g/mol. The Hall–Kier alpha value is -3.12. The van der Waals surface area contributed by atoms with Crippen LogP contribution >= 0.6 is 11.6 Å². The Bertz CT molecular complexity index is 1380. The third-order valence-corrected chi connectivity index (χ3v) is 6.40. The lowest BCUT2D eigenvalue weighted by Crippen LogP contribution is -2.39. The van der Waals surface area contributed by atoms with Gasteiger partial charge in [0.1, 0.15) is 12.0 Å². The molecule has 2 aromatic heterocycles. The highest BCUT2D eigenvalue weighted by atomic mass is 35.5. The Labute approximate surface area is 209 Å². The number of halogens is 1. The number of anilines is 1. The van der Waals surface area contributed by atoms with Gasteiger partial charge in [0, 0.05) is 57.8 Å². The minimum atomic E-state index is -0.940. The molecule has 0 spiro atoms. The van der Waals surface area contributed by atoms with Crippen molar-refractivity contribution >= 4 is 39.1 Å². The number of nitrogen functional groups attached to an aromatic ring is 1. The summed E-state index contributed by atoms with van der Waals surface area (Å²) < 4.78 is 0. The van der Waals surface area contributed by atoms with Crippen LogP contribution in [-0.2, 0) is 0 Å². The predicted octanol–water partition coefficient (Wildman–Crippen LogP) is 3.63. The number of hydrogen-bond donors (Lipinski definition) is 5. The van der Waals surface area contributed by atoms with Crippen LogP contribution in [0.2, 0.25) is 5.02 Å². The van der Waals surface area contributed by atoms with Crippen molar-refractivity contribution in [1.82, 2.24) is 20.2 Å². The number of likely N-dealkylation sites (N-methyl/N-ethyl adjacent to an activating group) is 1. The molecule has 35 heavy (non-hydrogen) atoms. The minimum absolute atomic E-state index is 0.275. The second-order valence-corrected chi connectivity index (χ2v) is 8.86. The molecule has 0 bridgehead atoms. The lowest BCUT2D eigenvalue weighted by molar-refractivity contribution is 0.0813. The van der Waals surface area contributed by atoms with Gasteiger partial charge >= 0.3 is 0 Å². The van der Waals surface area contributed by atoms with Crippen LogP contribution in [0, 0.1) is 11.8 Å². The molecule has 0 aliphatic rings. The number of rotatable bonds is 8. The van der Waals surface area contributed by atoms with E-state index in [0.29, 0.717) is 28.5 Å². The van der Waals surface area contributed by atoms with Gasteiger partial charge in [-0.15, -0.1) is 0 Å². The molecule has 2 unspecified atom stereocenters. The number of pyridine rings is 1. The van der Waals surface area contributed by atoms with Crippen molar-refractivity contribution in [1.29, 1.82) is 0 Å². The number of fused-ring (bicyclic) bond motifs is 2. The zero-order valence-corrected chi connectivity index (χ0v) is 20.6. The van der Waals surface area contributed by atoms with Crippen molar-refractivity contribution in [3.05, 3.63) is 70.5 Å². The molecule has 0 aliphatic carbocycles. The molecule has 0 aliphatic heterocycles. The number of benzene rings is 2. The fourth-order valence-electron chi connectivity index (χ4n) is 4.18. The van der Waals surface area contributed by atoms with Gasteiger partial charge in [0.15, 0.2) is 0 Å². The fourth-order valence-corrected chi connectivity index (χ4v) is 4.35. The molecule has 8 heteroatoms. The minimum Gasteiger partial charge on any atom is -0.390 e. The highest BCUT2D eigenvalue weighted by Crippen LogP contribution is 2.27. The number of H-pyrrole nitrogens is 1. The van der Waals surface area contributed by atoms with Crippen molar-refractivity contribution in [2.24, 2.45) is 0 Å². The average Bonchev–Trinajstić information content (AvgIpc) is 3.35. The van der Waals surface area contributed by atoms with E-state index in [1.807, 2.05) is 42.6 Å². The molecule has 182 valence electrons. The van der Waals surface area contributed by atoms with Crippen molar-refractivity contribution in [3.8, 4) is 11.8 Å². The Morgan fingerprint density at radius 3 is 2.69 bits per heavy atom. The third kappa shape index (κ3) is 5.59. The largest absolute Gasteiger partial charge is 0.390 e. The molecule has 2 atom stereocenters. The first kappa shape index (κ1) is 25.0. The van der Waals surface area contributed by atoms with Crippen molar-refractivity contribution in [3.63, 3.8) is 0 Å². The van der Waals surface area contributed by atoms with E-state index in [4.69, 9.17) is 17.3 Å². The first-order chi connectivity index (χ1) is 16.9. The van der Waals surface area contributed by atoms with Crippen molar-refractivity contribution < 1.29 is 10.2 Å². The Balaban J connectivity index is 1.59. The number of aliphatic hydroxyl groups is 2. The second-order valence-electron chi connectivity index (χ2n) is 8.42. The van der Waals surface area contributed by atoms with E-state index in [1.54, 1.807) is 6.20 Å². The van der Waals surface area contributed by atoms with Crippen LogP contribution in [0.1, 0.15) is 36.8 Å². The van der Waals surface area contributed by atoms with Crippen LogP contribution in [0.4, 0.5) is 5.82 Å². The van der Waals surface area contributed by atoms with Gasteiger partial charge in [-0.3, -0.25) is 5.32 Å².